The monoisotopic (exact) mass is 268 g/mol. The van der Waals surface area contributed by atoms with Crippen LogP contribution in [-0.2, 0) is 6.42 Å². The van der Waals surface area contributed by atoms with Gasteiger partial charge in [0.15, 0.2) is 0 Å². The first-order chi connectivity index (χ1) is 9.36. The molecule has 0 saturated carbocycles. The number of hydrogen-bond acceptors (Lipinski definition) is 1. The van der Waals surface area contributed by atoms with Crippen LogP contribution in [0.2, 0.25) is 0 Å². The van der Waals surface area contributed by atoms with Gasteiger partial charge in [0.2, 0.25) is 0 Å². The Kier molecular flexibility index (Phi) is 8.24. The number of hydrogen-bond donors (Lipinski definition) is 0. The largest absolute Gasteiger partial charge is 0.122 e. The van der Waals surface area contributed by atoms with Gasteiger partial charge in [0, 0.05) is 10.6 Å². The van der Waals surface area contributed by atoms with Crippen LogP contribution in [0.3, 0.4) is 0 Å². The SMILES string of the molecule is C=CCSc1ccccc1.C=CCc1ccccc1. The molecule has 0 atom stereocenters. The molecule has 0 radical (unpaired) electrons. The topological polar surface area (TPSA) is 0 Å². The highest BCUT2D eigenvalue weighted by Gasteiger charge is 1.86. The molecule has 0 spiro atoms. The molecule has 0 aromatic heterocycles. The van der Waals surface area contributed by atoms with Crippen LogP contribution in [0, 0.1) is 0 Å². The third-order valence-corrected chi connectivity index (χ3v) is 3.34. The summed E-state index contributed by atoms with van der Waals surface area (Å²) in [5.74, 6) is 0.990. The van der Waals surface area contributed by atoms with Crippen molar-refractivity contribution in [3.8, 4) is 0 Å². The van der Waals surface area contributed by atoms with Crippen LogP contribution >= 0.6 is 11.8 Å². The van der Waals surface area contributed by atoms with Crippen molar-refractivity contribution in [3.63, 3.8) is 0 Å². The average Bonchev–Trinajstić information content (AvgIpc) is 2.48. The molecule has 1 heteroatoms. The van der Waals surface area contributed by atoms with Gasteiger partial charge in [0.25, 0.3) is 0 Å². The Labute approximate surface area is 120 Å². The van der Waals surface area contributed by atoms with E-state index in [1.54, 1.807) is 11.8 Å². The molecule has 0 aliphatic heterocycles. The fourth-order valence-electron chi connectivity index (χ4n) is 1.45. The number of thioether (sulfide) groups is 1. The van der Waals surface area contributed by atoms with E-state index in [0.29, 0.717) is 0 Å². The maximum Gasteiger partial charge on any atom is 0.0158 e. The molecular weight excluding hydrogens is 248 g/mol. The van der Waals surface area contributed by atoms with Crippen molar-refractivity contribution in [2.75, 3.05) is 5.75 Å². The van der Waals surface area contributed by atoms with Gasteiger partial charge in [-0.05, 0) is 24.1 Å². The van der Waals surface area contributed by atoms with Crippen molar-refractivity contribution >= 4 is 11.8 Å². The van der Waals surface area contributed by atoms with E-state index in [1.165, 1.54) is 10.5 Å². The first-order valence-corrected chi connectivity index (χ1v) is 7.29. The van der Waals surface area contributed by atoms with Gasteiger partial charge in [0.05, 0.1) is 0 Å². The van der Waals surface area contributed by atoms with E-state index >= 15 is 0 Å². The van der Waals surface area contributed by atoms with Gasteiger partial charge in [-0.15, -0.1) is 24.9 Å². The lowest BCUT2D eigenvalue weighted by Crippen LogP contribution is -1.75. The van der Waals surface area contributed by atoms with Crippen molar-refractivity contribution in [3.05, 3.63) is 91.5 Å². The zero-order valence-corrected chi connectivity index (χ0v) is 12.0. The van der Waals surface area contributed by atoms with Crippen molar-refractivity contribution in [1.29, 1.82) is 0 Å². The maximum absolute atomic E-state index is 3.66. The lowest BCUT2D eigenvalue weighted by molar-refractivity contribution is 1.28. The van der Waals surface area contributed by atoms with Gasteiger partial charge in [-0.3, -0.25) is 0 Å². The van der Waals surface area contributed by atoms with Gasteiger partial charge >= 0.3 is 0 Å². The Hall–Kier alpha value is -1.73. The van der Waals surface area contributed by atoms with E-state index < -0.39 is 0 Å². The normalized spacial score (nSPS) is 9.05. The molecule has 0 amide bonds. The molecule has 0 fully saturated rings. The molecule has 0 N–H and O–H groups in total. The molecule has 0 aliphatic rings. The van der Waals surface area contributed by atoms with Crippen molar-refractivity contribution < 1.29 is 0 Å². The van der Waals surface area contributed by atoms with Crippen LogP contribution in [0.4, 0.5) is 0 Å². The lowest BCUT2D eigenvalue weighted by atomic mass is 10.2. The molecule has 0 unspecified atom stereocenters. The third kappa shape index (κ3) is 7.32. The van der Waals surface area contributed by atoms with Crippen molar-refractivity contribution in [2.45, 2.75) is 11.3 Å². The van der Waals surface area contributed by atoms with E-state index in [-0.39, 0.29) is 0 Å². The minimum absolute atomic E-state index is 0.973. The van der Waals surface area contributed by atoms with Gasteiger partial charge in [0.1, 0.15) is 0 Å². The summed E-state index contributed by atoms with van der Waals surface area (Å²) in [5.41, 5.74) is 1.33. The van der Waals surface area contributed by atoms with Crippen LogP contribution < -0.4 is 0 Å². The Bertz CT molecular complexity index is 460. The molecule has 0 bridgehead atoms. The second-order valence-corrected chi connectivity index (χ2v) is 4.98. The van der Waals surface area contributed by atoms with Crippen LogP contribution in [0.5, 0.6) is 0 Å². The second-order valence-electron chi connectivity index (χ2n) is 3.89. The first-order valence-electron chi connectivity index (χ1n) is 6.30. The second kappa shape index (κ2) is 10.2. The zero-order valence-electron chi connectivity index (χ0n) is 11.2. The summed E-state index contributed by atoms with van der Waals surface area (Å²) >= 11 is 1.80. The highest BCUT2D eigenvalue weighted by molar-refractivity contribution is 7.99. The molecule has 2 rings (SSSR count). The van der Waals surface area contributed by atoms with Crippen LogP contribution in [0.1, 0.15) is 5.56 Å². The van der Waals surface area contributed by atoms with E-state index in [9.17, 15) is 0 Å². The zero-order chi connectivity index (χ0) is 13.8. The lowest BCUT2D eigenvalue weighted by Gasteiger charge is -1.94. The minimum atomic E-state index is 0.973. The predicted octanol–water partition coefficient (Wildman–Crippen LogP) is 5.38. The summed E-state index contributed by atoms with van der Waals surface area (Å²) < 4.78 is 0. The Balaban J connectivity index is 0.000000191. The first kappa shape index (κ1) is 15.3. The summed E-state index contributed by atoms with van der Waals surface area (Å²) in [5, 5.41) is 0. The van der Waals surface area contributed by atoms with E-state index in [0.717, 1.165) is 12.2 Å². The van der Waals surface area contributed by atoms with Crippen LogP contribution in [-0.4, -0.2) is 5.75 Å². The fourth-order valence-corrected chi connectivity index (χ4v) is 2.11. The standard InChI is InChI=1S/C9H10S.C9H10/c1-2-8-10-9-6-4-3-5-7-9;1-2-6-9-7-4-3-5-8-9/h2-7H,1,8H2;2-5,7-8H,1,6H2. The van der Waals surface area contributed by atoms with Gasteiger partial charge in [-0.2, -0.15) is 0 Å². The molecule has 98 valence electrons. The highest BCUT2D eigenvalue weighted by Crippen LogP contribution is 2.15. The summed E-state index contributed by atoms with van der Waals surface area (Å²) in [6.45, 7) is 7.31. The molecule has 0 aliphatic carbocycles. The fraction of sp³-hybridized carbons (Fsp3) is 0.111. The quantitative estimate of drug-likeness (QED) is 0.518. The minimum Gasteiger partial charge on any atom is -0.122 e. The Morgan fingerprint density at radius 1 is 0.789 bits per heavy atom. The molecular formula is C18H20S. The number of rotatable bonds is 5. The number of benzene rings is 2. The smallest absolute Gasteiger partial charge is 0.0158 e. The average molecular weight is 268 g/mol. The maximum atomic E-state index is 3.66. The Morgan fingerprint density at radius 2 is 1.37 bits per heavy atom. The molecule has 0 heterocycles. The van der Waals surface area contributed by atoms with E-state index in [4.69, 9.17) is 0 Å². The van der Waals surface area contributed by atoms with Crippen molar-refractivity contribution in [1.82, 2.24) is 0 Å². The molecule has 0 saturated heterocycles. The van der Waals surface area contributed by atoms with Crippen LogP contribution in [0.15, 0.2) is 90.9 Å². The van der Waals surface area contributed by atoms with Crippen LogP contribution in [0.25, 0.3) is 0 Å². The molecule has 0 nitrogen and oxygen atoms in total. The molecule has 2 aromatic rings. The highest BCUT2D eigenvalue weighted by atomic mass is 32.2. The summed E-state index contributed by atoms with van der Waals surface area (Å²) in [4.78, 5) is 1.31. The molecule has 19 heavy (non-hydrogen) atoms. The van der Waals surface area contributed by atoms with Gasteiger partial charge in [-0.25, -0.2) is 0 Å². The summed E-state index contributed by atoms with van der Waals surface area (Å²) in [6, 6.07) is 20.6. The molecule has 2 aromatic carbocycles. The summed E-state index contributed by atoms with van der Waals surface area (Å²) in [6.07, 6.45) is 4.80. The summed E-state index contributed by atoms with van der Waals surface area (Å²) in [7, 11) is 0. The van der Waals surface area contributed by atoms with E-state index in [2.05, 4.69) is 37.4 Å². The van der Waals surface area contributed by atoms with Gasteiger partial charge < -0.3 is 0 Å². The predicted molar refractivity (Wildman–Crippen MR) is 87.7 cm³/mol. The van der Waals surface area contributed by atoms with Crippen molar-refractivity contribution in [2.24, 2.45) is 0 Å². The van der Waals surface area contributed by atoms with Gasteiger partial charge in [-0.1, -0.05) is 60.7 Å². The number of allylic oxidation sites excluding steroid dienone is 1. The third-order valence-electron chi connectivity index (χ3n) is 2.33. The Morgan fingerprint density at radius 3 is 1.89 bits per heavy atom. The van der Waals surface area contributed by atoms with E-state index in [1.807, 2.05) is 48.6 Å².